The molecule has 6 nitrogen and oxygen atoms in total. The van der Waals surface area contributed by atoms with Crippen LogP contribution < -0.4 is 5.43 Å². The first kappa shape index (κ1) is 16.0. The number of aromatic nitrogens is 3. The van der Waals surface area contributed by atoms with Crippen molar-refractivity contribution in [2.45, 2.75) is 18.9 Å². The van der Waals surface area contributed by atoms with E-state index in [0.29, 0.717) is 5.54 Å². The van der Waals surface area contributed by atoms with Crippen LogP contribution in [0.3, 0.4) is 0 Å². The predicted octanol–water partition coefficient (Wildman–Crippen LogP) is 3.31. The minimum absolute atomic E-state index is 0.339. The Morgan fingerprint density at radius 2 is 2.04 bits per heavy atom. The van der Waals surface area contributed by atoms with Crippen molar-refractivity contribution in [2.75, 3.05) is 25.1 Å². The van der Waals surface area contributed by atoms with Crippen molar-refractivity contribution in [3.05, 3.63) is 60.8 Å². The van der Waals surface area contributed by atoms with E-state index >= 15 is 0 Å². The van der Waals surface area contributed by atoms with Gasteiger partial charge < -0.3 is 10.3 Å². The third kappa shape index (κ3) is 2.41. The highest BCUT2D eigenvalue weighted by Crippen LogP contribution is 2.58. The first-order chi connectivity index (χ1) is 13.7. The van der Waals surface area contributed by atoms with Crippen LogP contribution in [-0.2, 0) is 0 Å². The third-order valence-electron chi connectivity index (χ3n) is 6.46. The zero-order chi connectivity index (χ0) is 18.7. The van der Waals surface area contributed by atoms with Crippen molar-refractivity contribution in [3.8, 4) is 11.3 Å². The zero-order valence-electron chi connectivity index (χ0n) is 15.8. The Kier molecular flexibility index (Phi) is 3.29. The SMILES string of the molecule is CC1=CN2CCN(Nc3cc4cc(-c5cnccn5)ccc4cn3)CC23CC13. The summed E-state index contributed by atoms with van der Waals surface area (Å²) in [5.74, 6) is 1.64. The number of hydrogen-bond acceptors (Lipinski definition) is 6. The number of piperazine rings is 1. The summed E-state index contributed by atoms with van der Waals surface area (Å²) in [7, 11) is 0. The number of fused-ring (bicyclic) bond motifs is 1. The fourth-order valence-electron chi connectivity index (χ4n) is 4.92. The normalized spacial score (nSPS) is 26.0. The molecular formula is C22H22N6. The molecule has 1 spiro atoms. The number of pyridine rings is 1. The van der Waals surface area contributed by atoms with E-state index in [-0.39, 0.29) is 0 Å². The van der Waals surface area contributed by atoms with Gasteiger partial charge in [-0.15, -0.1) is 0 Å². The Morgan fingerprint density at radius 3 is 2.89 bits per heavy atom. The smallest absolute Gasteiger partial charge is 0.140 e. The van der Waals surface area contributed by atoms with E-state index in [9.17, 15) is 0 Å². The Hall–Kier alpha value is -2.99. The maximum Gasteiger partial charge on any atom is 0.140 e. The van der Waals surface area contributed by atoms with E-state index in [1.807, 2.05) is 6.20 Å². The van der Waals surface area contributed by atoms with Crippen LogP contribution >= 0.6 is 0 Å². The lowest BCUT2D eigenvalue weighted by molar-refractivity contribution is 0.117. The van der Waals surface area contributed by atoms with Gasteiger partial charge in [0.2, 0.25) is 0 Å². The highest BCUT2D eigenvalue weighted by molar-refractivity contribution is 5.87. The molecule has 3 aromatic rings. The first-order valence-corrected chi connectivity index (χ1v) is 9.84. The van der Waals surface area contributed by atoms with Gasteiger partial charge in [0.1, 0.15) is 5.82 Å². The van der Waals surface area contributed by atoms with E-state index in [4.69, 9.17) is 0 Å². The van der Waals surface area contributed by atoms with Crippen LogP contribution in [0.25, 0.3) is 22.0 Å². The number of hydrazine groups is 1. The molecule has 2 unspecified atom stereocenters. The molecule has 6 heteroatoms. The minimum Gasteiger partial charge on any atom is -0.368 e. The Labute approximate surface area is 163 Å². The van der Waals surface area contributed by atoms with Crippen molar-refractivity contribution in [2.24, 2.45) is 5.92 Å². The highest BCUT2D eigenvalue weighted by Gasteiger charge is 2.63. The van der Waals surface area contributed by atoms with Crippen LogP contribution in [0.4, 0.5) is 5.82 Å². The second-order valence-corrected chi connectivity index (χ2v) is 8.18. The summed E-state index contributed by atoms with van der Waals surface area (Å²) in [4.78, 5) is 15.8. The van der Waals surface area contributed by atoms with Crippen LogP contribution in [-0.4, -0.2) is 50.0 Å². The monoisotopic (exact) mass is 370 g/mol. The molecule has 1 N–H and O–H groups in total. The summed E-state index contributed by atoms with van der Waals surface area (Å²) in [5, 5.41) is 4.61. The molecule has 0 amide bonds. The molecule has 0 radical (unpaired) electrons. The molecule has 1 saturated carbocycles. The van der Waals surface area contributed by atoms with Gasteiger partial charge in [-0.2, -0.15) is 0 Å². The molecule has 4 heterocycles. The van der Waals surface area contributed by atoms with Gasteiger partial charge in [-0.25, -0.2) is 9.99 Å². The molecule has 0 bridgehead atoms. The highest BCUT2D eigenvalue weighted by atomic mass is 15.6. The van der Waals surface area contributed by atoms with Crippen LogP contribution in [0.2, 0.25) is 0 Å². The summed E-state index contributed by atoms with van der Waals surface area (Å²) in [5.41, 5.74) is 7.39. The molecule has 140 valence electrons. The number of hydrogen-bond donors (Lipinski definition) is 1. The molecule has 2 atom stereocenters. The lowest BCUT2D eigenvalue weighted by Crippen LogP contribution is -2.54. The molecule has 28 heavy (non-hydrogen) atoms. The lowest BCUT2D eigenvalue weighted by Gasteiger charge is -2.40. The standard InChI is InChI=1S/C22H22N6/c1-15-13-27-6-7-28(14-22(27)10-19(15)22)26-21-9-18-8-16(2-3-17(18)11-25-21)20-12-23-4-5-24-20/h2-5,8-9,11-13,19H,6-7,10,14H2,1H3,(H,25,26). The third-order valence-corrected chi connectivity index (χ3v) is 6.46. The summed E-state index contributed by atoms with van der Waals surface area (Å²) < 4.78 is 0. The first-order valence-electron chi connectivity index (χ1n) is 9.84. The Balaban J connectivity index is 1.25. The Morgan fingerprint density at radius 1 is 1.07 bits per heavy atom. The van der Waals surface area contributed by atoms with Gasteiger partial charge >= 0.3 is 0 Å². The molecule has 1 saturated heterocycles. The van der Waals surface area contributed by atoms with Crippen molar-refractivity contribution in [1.29, 1.82) is 0 Å². The van der Waals surface area contributed by atoms with Crippen molar-refractivity contribution in [1.82, 2.24) is 24.9 Å². The van der Waals surface area contributed by atoms with Gasteiger partial charge in [-0.3, -0.25) is 9.97 Å². The van der Waals surface area contributed by atoms with Gasteiger partial charge in [0.15, 0.2) is 0 Å². The largest absolute Gasteiger partial charge is 0.368 e. The van der Waals surface area contributed by atoms with Gasteiger partial charge in [-0.1, -0.05) is 17.7 Å². The summed E-state index contributed by atoms with van der Waals surface area (Å²) in [6, 6.07) is 8.45. The summed E-state index contributed by atoms with van der Waals surface area (Å²) >= 11 is 0. The number of rotatable bonds is 3. The molecule has 1 aromatic carbocycles. The van der Waals surface area contributed by atoms with Gasteiger partial charge in [0, 0.05) is 55.1 Å². The molecule has 6 rings (SSSR count). The van der Waals surface area contributed by atoms with Crippen LogP contribution in [0.5, 0.6) is 0 Å². The summed E-state index contributed by atoms with van der Waals surface area (Å²) in [6.45, 7) is 5.39. The predicted molar refractivity (Wildman–Crippen MR) is 109 cm³/mol. The number of nitrogens with zero attached hydrogens (tertiary/aromatic N) is 5. The van der Waals surface area contributed by atoms with Crippen LogP contribution in [0.1, 0.15) is 13.3 Å². The van der Waals surface area contributed by atoms with Gasteiger partial charge in [0.25, 0.3) is 0 Å². The fourth-order valence-corrected chi connectivity index (χ4v) is 4.92. The van der Waals surface area contributed by atoms with Crippen molar-refractivity contribution < 1.29 is 0 Å². The van der Waals surface area contributed by atoms with Gasteiger partial charge in [0.05, 0.1) is 17.4 Å². The van der Waals surface area contributed by atoms with E-state index < -0.39 is 0 Å². The average Bonchev–Trinajstić information content (AvgIpc) is 3.37. The second kappa shape index (κ2) is 5.75. The molecule has 2 aromatic heterocycles. The fraction of sp³-hybridized carbons (Fsp3) is 0.318. The number of benzene rings is 1. The minimum atomic E-state index is 0.339. The molecular weight excluding hydrogens is 348 g/mol. The lowest BCUT2D eigenvalue weighted by atomic mass is 10.1. The van der Waals surface area contributed by atoms with E-state index in [2.05, 4.69) is 67.7 Å². The number of anilines is 1. The maximum absolute atomic E-state index is 4.63. The zero-order valence-corrected chi connectivity index (χ0v) is 15.8. The topological polar surface area (TPSA) is 57.2 Å². The molecule has 1 aliphatic carbocycles. The maximum atomic E-state index is 4.63. The Bertz CT molecular complexity index is 1090. The summed E-state index contributed by atoms with van der Waals surface area (Å²) in [6.07, 6.45) is 10.8. The van der Waals surface area contributed by atoms with E-state index in [1.54, 1.807) is 24.2 Å². The van der Waals surface area contributed by atoms with E-state index in [1.165, 1.54) is 6.42 Å². The van der Waals surface area contributed by atoms with Crippen molar-refractivity contribution in [3.63, 3.8) is 0 Å². The molecule has 2 aliphatic heterocycles. The number of nitrogens with one attached hydrogen (secondary N) is 1. The molecule has 3 aliphatic rings. The average molecular weight is 370 g/mol. The van der Waals surface area contributed by atoms with Crippen LogP contribution in [0.15, 0.2) is 60.8 Å². The quantitative estimate of drug-likeness (QED) is 0.763. The van der Waals surface area contributed by atoms with Crippen LogP contribution in [0, 0.1) is 5.92 Å². The van der Waals surface area contributed by atoms with E-state index in [0.717, 1.165) is 53.4 Å². The van der Waals surface area contributed by atoms with Crippen molar-refractivity contribution >= 4 is 16.6 Å². The molecule has 2 fully saturated rings. The van der Waals surface area contributed by atoms with Gasteiger partial charge in [-0.05, 0) is 37.1 Å². The second-order valence-electron chi connectivity index (χ2n) is 8.18.